The van der Waals surface area contributed by atoms with Crippen molar-refractivity contribution in [3.63, 3.8) is 0 Å². The number of nitrogens with zero attached hydrogens (tertiary/aromatic N) is 2. The van der Waals surface area contributed by atoms with Gasteiger partial charge in [0.25, 0.3) is 0 Å². The number of hydrogen-bond acceptors (Lipinski definition) is 4. The van der Waals surface area contributed by atoms with Gasteiger partial charge in [-0.1, -0.05) is 0 Å². The standard InChI is InChI=1S/C12H13FN2OS/c1-8(16)11-7-17-12(14-11)15(2)10-5-3-9(13)4-6-10/h3-8,16H,1-2H3. The first kappa shape index (κ1) is 12.0. The molecule has 0 radical (unpaired) electrons. The number of anilines is 2. The van der Waals surface area contributed by atoms with E-state index < -0.39 is 6.10 Å². The predicted octanol–water partition coefficient (Wildman–Crippen LogP) is 3.10. The zero-order valence-electron chi connectivity index (χ0n) is 9.59. The molecule has 0 fully saturated rings. The molecule has 17 heavy (non-hydrogen) atoms. The van der Waals surface area contributed by atoms with Crippen LogP contribution in [-0.4, -0.2) is 17.1 Å². The smallest absolute Gasteiger partial charge is 0.189 e. The topological polar surface area (TPSA) is 36.4 Å². The van der Waals surface area contributed by atoms with Gasteiger partial charge in [0.15, 0.2) is 5.13 Å². The van der Waals surface area contributed by atoms with Crippen molar-refractivity contribution in [3.05, 3.63) is 41.2 Å². The van der Waals surface area contributed by atoms with Gasteiger partial charge in [-0.2, -0.15) is 0 Å². The number of benzene rings is 1. The second-order valence-electron chi connectivity index (χ2n) is 3.77. The zero-order chi connectivity index (χ0) is 12.4. The van der Waals surface area contributed by atoms with Crippen molar-refractivity contribution < 1.29 is 9.50 Å². The van der Waals surface area contributed by atoms with Crippen molar-refractivity contribution in [2.24, 2.45) is 0 Å². The van der Waals surface area contributed by atoms with Crippen LogP contribution in [0.1, 0.15) is 18.7 Å². The number of hydrogen-bond donors (Lipinski definition) is 1. The Morgan fingerprint density at radius 3 is 2.53 bits per heavy atom. The summed E-state index contributed by atoms with van der Waals surface area (Å²) in [7, 11) is 1.86. The summed E-state index contributed by atoms with van der Waals surface area (Å²) in [5, 5.41) is 12.0. The number of aromatic nitrogens is 1. The molecule has 1 atom stereocenters. The number of rotatable bonds is 3. The first-order chi connectivity index (χ1) is 8.08. The fourth-order valence-corrected chi connectivity index (χ4v) is 2.29. The first-order valence-electron chi connectivity index (χ1n) is 5.20. The molecule has 5 heteroatoms. The van der Waals surface area contributed by atoms with E-state index in [1.165, 1.54) is 23.5 Å². The van der Waals surface area contributed by atoms with Gasteiger partial charge in [0.1, 0.15) is 5.82 Å². The third-order valence-corrected chi connectivity index (χ3v) is 3.37. The quantitative estimate of drug-likeness (QED) is 0.911. The van der Waals surface area contributed by atoms with Gasteiger partial charge >= 0.3 is 0 Å². The van der Waals surface area contributed by atoms with Crippen LogP contribution in [0.2, 0.25) is 0 Å². The van der Waals surface area contributed by atoms with Crippen LogP contribution in [0.4, 0.5) is 15.2 Å². The van der Waals surface area contributed by atoms with Crippen LogP contribution in [0.25, 0.3) is 0 Å². The SMILES string of the molecule is CC(O)c1csc(N(C)c2ccc(F)cc2)n1. The molecule has 1 heterocycles. The van der Waals surface area contributed by atoms with Crippen LogP contribution in [0.5, 0.6) is 0 Å². The Kier molecular flexibility index (Phi) is 3.40. The van der Waals surface area contributed by atoms with Crippen molar-refractivity contribution in [3.8, 4) is 0 Å². The van der Waals surface area contributed by atoms with Crippen molar-refractivity contribution in [1.29, 1.82) is 0 Å². The van der Waals surface area contributed by atoms with Gasteiger partial charge in [0.2, 0.25) is 0 Å². The largest absolute Gasteiger partial charge is 0.387 e. The minimum absolute atomic E-state index is 0.258. The fraction of sp³-hybridized carbons (Fsp3) is 0.250. The van der Waals surface area contributed by atoms with Crippen LogP contribution >= 0.6 is 11.3 Å². The lowest BCUT2D eigenvalue weighted by atomic mass is 10.3. The molecule has 0 aliphatic rings. The molecule has 2 aromatic rings. The Hall–Kier alpha value is -1.46. The highest BCUT2D eigenvalue weighted by Crippen LogP contribution is 2.28. The van der Waals surface area contributed by atoms with Gasteiger partial charge in [0, 0.05) is 18.1 Å². The summed E-state index contributed by atoms with van der Waals surface area (Å²) in [6.07, 6.45) is -0.568. The van der Waals surface area contributed by atoms with Crippen LogP contribution in [0, 0.1) is 5.82 Å². The van der Waals surface area contributed by atoms with Gasteiger partial charge in [-0.3, -0.25) is 0 Å². The van der Waals surface area contributed by atoms with Crippen LogP contribution < -0.4 is 4.90 Å². The maximum Gasteiger partial charge on any atom is 0.189 e. The van der Waals surface area contributed by atoms with E-state index in [-0.39, 0.29) is 5.82 Å². The molecule has 0 saturated carbocycles. The minimum atomic E-state index is -0.568. The summed E-state index contributed by atoms with van der Waals surface area (Å²) in [4.78, 5) is 6.17. The van der Waals surface area contributed by atoms with E-state index in [0.29, 0.717) is 5.69 Å². The highest BCUT2D eigenvalue weighted by atomic mass is 32.1. The summed E-state index contributed by atoms with van der Waals surface area (Å²) in [5.41, 5.74) is 1.51. The molecular formula is C12H13FN2OS. The van der Waals surface area contributed by atoms with Crippen LogP contribution in [-0.2, 0) is 0 Å². The van der Waals surface area contributed by atoms with E-state index in [2.05, 4.69) is 4.98 Å². The molecule has 2 rings (SSSR count). The van der Waals surface area contributed by atoms with Crippen molar-refractivity contribution in [2.75, 3.05) is 11.9 Å². The molecule has 3 nitrogen and oxygen atoms in total. The predicted molar refractivity (Wildman–Crippen MR) is 67.2 cm³/mol. The monoisotopic (exact) mass is 252 g/mol. The Morgan fingerprint density at radius 1 is 1.35 bits per heavy atom. The second-order valence-corrected chi connectivity index (χ2v) is 4.60. The lowest BCUT2D eigenvalue weighted by molar-refractivity contribution is 0.195. The van der Waals surface area contributed by atoms with E-state index in [4.69, 9.17) is 0 Å². The fourth-order valence-electron chi connectivity index (χ4n) is 1.40. The molecule has 1 N–H and O–H groups in total. The van der Waals surface area contributed by atoms with E-state index >= 15 is 0 Å². The second kappa shape index (κ2) is 4.81. The van der Waals surface area contributed by atoms with Gasteiger partial charge in [-0.25, -0.2) is 9.37 Å². The minimum Gasteiger partial charge on any atom is -0.387 e. The summed E-state index contributed by atoms with van der Waals surface area (Å²) in [5.74, 6) is -0.258. The Morgan fingerprint density at radius 2 is 2.00 bits per heavy atom. The third kappa shape index (κ3) is 2.62. The van der Waals surface area contributed by atoms with Crippen LogP contribution in [0.3, 0.4) is 0 Å². The first-order valence-corrected chi connectivity index (χ1v) is 6.08. The van der Waals surface area contributed by atoms with Crippen molar-refractivity contribution in [2.45, 2.75) is 13.0 Å². The Labute approximate surface area is 103 Å². The highest BCUT2D eigenvalue weighted by Gasteiger charge is 2.11. The molecule has 0 aliphatic heterocycles. The molecule has 0 spiro atoms. The maximum atomic E-state index is 12.8. The average molecular weight is 252 g/mol. The molecule has 90 valence electrons. The van der Waals surface area contributed by atoms with Gasteiger partial charge < -0.3 is 10.0 Å². The van der Waals surface area contributed by atoms with Crippen LogP contribution in [0.15, 0.2) is 29.6 Å². The molecule has 1 aromatic carbocycles. The lowest BCUT2D eigenvalue weighted by Gasteiger charge is -2.15. The Balaban J connectivity index is 2.24. The van der Waals surface area contributed by atoms with Crippen molar-refractivity contribution in [1.82, 2.24) is 4.98 Å². The Bertz CT molecular complexity index is 495. The van der Waals surface area contributed by atoms with E-state index in [1.54, 1.807) is 19.1 Å². The van der Waals surface area contributed by atoms with Gasteiger partial charge in [-0.15, -0.1) is 11.3 Å². The summed E-state index contributed by atoms with van der Waals surface area (Å²) >= 11 is 1.45. The molecule has 0 aliphatic carbocycles. The normalized spacial score (nSPS) is 12.5. The lowest BCUT2D eigenvalue weighted by Crippen LogP contribution is -2.09. The molecule has 1 aromatic heterocycles. The highest BCUT2D eigenvalue weighted by molar-refractivity contribution is 7.13. The third-order valence-electron chi connectivity index (χ3n) is 2.44. The van der Waals surface area contributed by atoms with Gasteiger partial charge in [0.05, 0.1) is 11.8 Å². The number of aliphatic hydroxyl groups excluding tert-OH is 1. The summed E-state index contributed by atoms with van der Waals surface area (Å²) < 4.78 is 12.8. The molecular weight excluding hydrogens is 239 g/mol. The molecule has 0 bridgehead atoms. The summed E-state index contributed by atoms with van der Waals surface area (Å²) in [6, 6.07) is 6.21. The number of thiazole rings is 1. The summed E-state index contributed by atoms with van der Waals surface area (Å²) in [6.45, 7) is 1.68. The number of halogens is 1. The maximum absolute atomic E-state index is 12.8. The number of aliphatic hydroxyl groups is 1. The van der Waals surface area contributed by atoms with E-state index in [1.807, 2.05) is 17.3 Å². The van der Waals surface area contributed by atoms with Gasteiger partial charge in [-0.05, 0) is 31.2 Å². The molecule has 1 unspecified atom stereocenters. The molecule has 0 saturated heterocycles. The molecule has 0 amide bonds. The average Bonchev–Trinajstić information content (AvgIpc) is 2.78. The van der Waals surface area contributed by atoms with Crippen molar-refractivity contribution >= 4 is 22.2 Å². The zero-order valence-corrected chi connectivity index (χ0v) is 10.4. The van der Waals surface area contributed by atoms with E-state index in [0.717, 1.165) is 10.8 Å². The van der Waals surface area contributed by atoms with E-state index in [9.17, 15) is 9.50 Å².